The first kappa shape index (κ1) is 58.9. The average molecular weight is 1160 g/mol. The van der Waals surface area contributed by atoms with E-state index in [1.54, 1.807) is 19.1 Å². The van der Waals surface area contributed by atoms with Crippen molar-refractivity contribution in [3.63, 3.8) is 0 Å². The van der Waals surface area contributed by atoms with Crippen molar-refractivity contribution in [1.29, 1.82) is 0 Å². The number of aromatic hydroxyl groups is 1. The molecule has 0 aromatic heterocycles. The van der Waals surface area contributed by atoms with Crippen molar-refractivity contribution >= 4 is 23.4 Å². The number of phenols is 1. The van der Waals surface area contributed by atoms with Gasteiger partial charge in [-0.25, -0.2) is 4.79 Å². The van der Waals surface area contributed by atoms with E-state index >= 15 is 4.79 Å². The average Bonchev–Trinajstić information content (AvgIpc) is 1.35. The van der Waals surface area contributed by atoms with E-state index in [2.05, 4.69) is 35.4 Å². The summed E-state index contributed by atoms with van der Waals surface area (Å²) in [6.45, 7) is 1.21. The summed E-state index contributed by atoms with van der Waals surface area (Å²) in [6, 6.07) is 15.9. The van der Waals surface area contributed by atoms with Crippen LogP contribution in [0.3, 0.4) is 0 Å². The van der Waals surface area contributed by atoms with E-state index in [0.29, 0.717) is 83.7 Å². The molecule has 7 N–H and O–H groups in total. The van der Waals surface area contributed by atoms with E-state index in [-0.39, 0.29) is 85.2 Å². The number of anilines is 1. The zero-order valence-electron chi connectivity index (χ0n) is 49.9. The van der Waals surface area contributed by atoms with Crippen molar-refractivity contribution < 1.29 is 59.2 Å². The van der Waals surface area contributed by atoms with Gasteiger partial charge in [0.2, 0.25) is 0 Å². The van der Waals surface area contributed by atoms with E-state index < -0.39 is 70.7 Å². The molecule has 13 heteroatoms. The second-order valence-corrected chi connectivity index (χ2v) is 28.5. The molecule has 13 nitrogen and oxygen atoms in total. The highest BCUT2D eigenvalue weighted by molar-refractivity contribution is 5.89. The smallest absolute Gasteiger partial charge is 0.334 e. The lowest BCUT2D eigenvalue weighted by atomic mass is 9.48. The molecular weight excluding hydrogens is 1070 g/mol. The standard InChI is InChI=1S/C72H91NO12/c1-70(81,68(79)61-26-23-44-14-7-9-20-60(44)83-61)41-73-53-31-43(40-74)29-49(34-53)46-21-22-47-39-64(77)85-67-54(47)36-50(66(78)65(67)45-15-4-2-5-16-45)38-63-72(82)57-19-8-6-17-48(57)35-55-56(59(75)25-24-58(55)72)32-42-13-12-18-52(30-42)71(27-10-3-11-28-71)62(76)37-51(33-46)69(80)84-63/h12-13,18,29-31,34,36-37,44-48,55-58,60-63,68,73-74,76,78-79,81-82H,2-11,14-17,19-20,23-28,32-33,35,38-41H2,1H3/b51-37-/t44-,46-,47+,48+,55-,56+,57-,58-,60-,61+,62-,63+,68+,70+,72-/m0/s1. The molecule has 6 saturated carbocycles. The van der Waals surface area contributed by atoms with E-state index in [4.69, 9.17) is 14.2 Å². The first-order valence-corrected chi connectivity index (χ1v) is 33.2. The van der Waals surface area contributed by atoms with Gasteiger partial charge < -0.3 is 50.2 Å². The summed E-state index contributed by atoms with van der Waals surface area (Å²) in [5, 5.41) is 79.0. The lowest BCUT2D eigenvalue weighted by Gasteiger charge is -2.59. The number of aliphatic hydroxyl groups is 5. The normalized spacial score (nSPS) is 35.6. The number of ketones is 1. The Balaban J connectivity index is 0.975. The van der Waals surface area contributed by atoms with E-state index in [9.17, 15) is 40.2 Å². The lowest BCUT2D eigenvalue weighted by molar-refractivity contribution is -0.228. The predicted molar refractivity (Wildman–Crippen MR) is 322 cm³/mol. The molecule has 7 fully saturated rings. The second-order valence-electron chi connectivity index (χ2n) is 28.5. The molecule has 0 amide bonds. The lowest BCUT2D eigenvalue weighted by Crippen LogP contribution is -2.65. The maximum atomic E-state index is 16.3. The van der Waals surface area contributed by atoms with Crippen molar-refractivity contribution in [3.05, 3.63) is 99.1 Å². The quantitative estimate of drug-likeness (QED) is 0.0636. The molecule has 1 saturated heterocycles. The molecular formula is C72H91NO12. The third-order valence-electron chi connectivity index (χ3n) is 23.4. The first-order chi connectivity index (χ1) is 41.1. The van der Waals surface area contributed by atoms with Crippen molar-refractivity contribution in [3.8, 4) is 23.3 Å². The van der Waals surface area contributed by atoms with Crippen LogP contribution in [0.4, 0.5) is 5.69 Å². The minimum atomic E-state index is -1.62. The van der Waals surface area contributed by atoms with Crippen LogP contribution in [0.1, 0.15) is 224 Å². The molecule has 13 rings (SSSR count). The van der Waals surface area contributed by atoms with Crippen molar-refractivity contribution in [2.45, 2.75) is 252 Å². The number of Topliss-reactive ketones (excluding diaryl/α,β-unsaturated/α-hetero) is 1. The number of fused-ring (bicyclic) bond motifs is 11. The Labute approximate surface area is 502 Å². The molecule has 1 spiro atoms. The molecule has 4 heterocycles. The maximum absolute atomic E-state index is 16.3. The van der Waals surface area contributed by atoms with Crippen molar-refractivity contribution in [2.75, 3.05) is 11.9 Å². The van der Waals surface area contributed by atoms with E-state index in [1.165, 1.54) is 6.42 Å². The topological polar surface area (TPSA) is 212 Å². The number of hydrogen-bond acceptors (Lipinski definition) is 13. The van der Waals surface area contributed by atoms with Gasteiger partial charge >= 0.3 is 11.9 Å². The van der Waals surface area contributed by atoms with E-state index in [1.807, 2.05) is 24.3 Å². The first-order valence-electron chi connectivity index (χ1n) is 33.2. The SMILES string of the molecule is C[C@@](O)(CNc1cc(CO)cc([C@H]2C#C[C@@H]3CC(=O)Oc4c3cc(c(O)c4C3CCCCC3)C[C@H]3OC(=O)/C(=C\[C@H](O)C4(CCCCC4)c4cccc(c4)C[C@H]4C(=O)CC[C@H]5[C@H]4C[C@H]4CCCC[C@@H]4[C@@]35O)C2)c1)[C@H](O)[C@H]1CC[C@@H]2CCCC[C@@H]2O1. The highest BCUT2D eigenvalue weighted by Crippen LogP contribution is 2.60. The number of rotatable bonds is 8. The Morgan fingerprint density at radius 1 is 0.788 bits per heavy atom. The number of benzene rings is 3. The molecule has 3 aromatic rings. The summed E-state index contributed by atoms with van der Waals surface area (Å²) < 4.78 is 20.0. The van der Waals surface area contributed by atoms with Crippen LogP contribution >= 0.6 is 0 Å². The number of hydrogen-bond donors (Lipinski definition) is 7. The van der Waals surface area contributed by atoms with Gasteiger partial charge in [-0.15, -0.1) is 0 Å². The highest BCUT2D eigenvalue weighted by atomic mass is 16.6. The number of phenolic OH excluding ortho intramolecular Hbond substituents is 1. The second kappa shape index (κ2) is 24.1. The van der Waals surface area contributed by atoms with Crippen LogP contribution in [0, 0.1) is 47.3 Å². The number of esters is 2. The zero-order chi connectivity index (χ0) is 58.8. The summed E-state index contributed by atoms with van der Waals surface area (Å²) in [5.74, 6) is 4.17. The van der Waals surface area contributed by atoms with Gasteiger partial charge in [0, 0.05) is 59.0 Å². The largest absolute Gasteiger partial charge is 0.507 e. The summed E-state index contributed by atoms with van der Waals surface area (Å²) in [7, 11) is 0. The molecule has 15 atom stereocenters. The molecule has 6 aliphatic carbocycles. The number of carbonyl (C=O) groups is 3. The van der Waals surface area contributed by atoms with Crippen LogP contribution in [-0.4, -0.2) is 96.6 Å². The van der Waals surface area contributed by atoms with Crippen LogP contribution in [-0.2, 0) is 48.7 Å². The zero-order valence-corrected chi connectivity index (χ0v) is 49.9. The van der Waals surface area contributed by atoms with Crippen LogP contribution < -0.4 is 10.1 Å². The molecule has 4 aliphatic heterocycles. The molecule has 456 valence electrons. The van der Waals surface area contributed by atoms with Gasteiger partial charge in [0.1, 0.15) is 40.7 Å². The summed E-state index contributed by atoms with van der Waals surface area (Å²) >= 11 is 0. The molecule has 0 unspecified atom stereocenters. The van der Waals surface area contributed by atoms with Gasteiger partial charge in [-0.05, 0) is 178 Å². The molecule has 0 radical (unpaired) electrons. The van der Waals surface area contributed by atoms with Gasteiger partial charge in [0.05, 0.1) is 37.3 Å². The Morgan fingerprint density at radius 3 is 2.35 bits per heavy atom. The van der Waals surface area contributed by atoms with Gasteiger partial charge in [-0.3, -0.25) is 9.59 Å². The number of nitrogens with one attached hydrogen (secondary N) is 1. The molecule has 10 bridgehead atoms. The minimum Gasteiger partial charge on any atom is -0.507 e. The van der Waals surface area contributed by atoms with Gasteiger partial charge in [0.25, 0.3) is 0 Å². The van der Waals surface area contributed by atoms with E-state index in [0.717, 1.165) is 120 Å². The Hall–Kier alpha value is -5.07. The van der Waals surface area contributed by atoms with Gasteiger partial charge in [0.15, 0.2) is 0 Å². The Morgan fingerprint density at radius 2 is 1.54 bits per heavy atom. The van der Waals surface area contributed by atoms with Crippen molar-refractivity contribution in [2.24, 2.45) is 35.5 Å². The maximum Gasteiger partial charge on any atom is 0.334 e. The minimum absolute atomic E-state index is 0.0132. The fourth-order valence-corrected chi connectivity index (χ4v) is 18.8. The monoisotopic (exact) mass is 1160 g/mol. The van der Waals surface area contributed by atoms with Gasteiger partial charge in [-0.2, -0.15) is 0 Å². The highest BCUT2D eigenvalue weighted by Gasteiger charge is 2.62. The number of aliphatic hydroxyl groups excluding tert-OH is 3. The van der Waals surface area contributed by atoms with Crippen LogP contribution in [0.25, 0.3) is 0 Å². The fraction of sp³-hybridized carbons (Fsp3) is 0.653. The summed E-state index contributed by atoms with van der Waals surface area (Å²) in [6.07, 6.45) is 17.6. The Kier molecular flexibility index (Phi) is 16.7. The number of ether oxygens (including phenoxy) is 3. The molecule has 3 aromatic carbocycles. The third kappa shape index (κ3) is 11.2. The fourth-order valence-electron chi connectivity index (χ4n) is 18.8. The predicted octanol–water partition coefficient (Wildman–Crippen LogP) is 11.1. The van der Waals surface area contributed by atoms with Crippen molar-refractivity contribution in [1.82, 2.24) is 0 Å². The van der Waals surface area contributed by atoms with Gasteiger partial charge in [-0.1, -0.05) is 113 Å². The van der Waals surface area contributed by atoms with Crippen LogP contribution in [0.5, 0.6) is 11.5 Å². The Bertz CT molecular complexity index is 3110. The number of carbonyl (C=O) groups excluding carboxylic acids is 3. The third-order valence-corrected chi connectivity index (χ3v) is 23.4. The summed E-state index contributed by atoms with van der Waals surface area (Å²) in [4.78, 5) is 45.0. The molecule has 10 aliphatic rings. The summed E-state index contributed by atoms with van der Waals surface area (Å²) in [5.41, 5.74) is 1.55. The molecule has 85 heavy (non-hydrogen) atoms. The van der Waals surface area contributed by atoms with Crippen LogP contribution in [0.15, 0.2) is 60.2 Å². The van der Waals surface area contributed by atoms with Crippen LogP contribution in [0.2, 0.25) is 0 Å².